The van der Waals surface area contributed by atoms with Gasteiger partial charge in [-0.05, 0) is 67.8 Å². The van der Waals surface area contributed by atoms with Crippen molar-refractivity contribution < 1.29 is 18.0 Å². The molecule has 0 aliphatic heterocycles. The quantitative estimate of drug-likeness (QED) is 0.242. The molecule has 0 saturated heterocycles. The average molecular weight is 554 g/mol. The zero-order chi connectivity index (χ0) is 28.2. The third kappa shape index (κ3) is 6.69. The lowest BCUT2D eigenvalue weighted by Crippen LogP contribution is -2.30. The molecule has 0 fully saturated rings. The van der Waals surface area contributed by atoms with E-state index in [0.29, 0.717) is 23.6 Å². The van der Waals surface area contributed by atoms with E-state index in [-0.39, 0.29) is 11.0 Å². The van der Waals surface area contributed by atoms with Crippen LogP contribution in [0, 0.1) is 0 Å². The number of carbonyl (C=O) groups excluding carboxylic acids is 1. The maximum absolute atomic E-state index is 14.0. The van der Waals surface area contributed by atoms with Crippen molar-refractivity contribution in [2.24, 2.45) is 0 Å². The fourth-order valence-corrected chi connectivity index (χ4v) is 5.29. The molecule has 0 radical (unpaired) electrons. The highest BCUT2D eigenvalue weighted by atomic mass is 32.1. The molecule has 0 spiro atoms. The van der Waals surface area contributed by atoms with Crippen molar-refractivity contribution in [1.82, 2.24) is 25.2 Å². The van der Waals surface area contributed by atoms with Crippen LogP contribution in [0.3, 0.4) is 0 Å². The maximum Gasteiger partial charge on any atom is 0.435 e. The molecule has 0 bridgehead atoms. The lowest BCUT2D eigenvalue weighted by molar-refractivity contribution is -0.141. The first kappa shape index (κ1) is 28.4. The number of pyridine rings is 2. The number of benzene rings is 1. The Bertz CT molecular complexity index is 1420. The van der Waals surface area contributed by atoms with E-state index in [1.165, 1.54) is 6.20 Å². The minimum Gasteiger partial charge on any atom is -0.345 e. The van der Waals surface area contributed by atoms with Crippen molar-refractivity contribution in [1.29, 1.82) is 0 Å². The lowest BCUT2D eigenvalue weighted by atomic mass is 10.0. The minimum atomic E-state index is -4.80. The maximum atomic E-state index is 14.0. The summed E-state index contributed by atoms with van der Waals surface area (Å²) in [7, 11) is 0. The summed E-state index contributed by atoms with van der Waals surface area (Å²) in [6.07, 6.45) is 0.128. The number of aromatic nitrogens is 3. The van der Waals surface area contributed by atoms with Crippen LogP contribution in [0.1, 0.15) is 60.2 Å². The zero-order valence-electron chi connectivity index (χ0n) is 22.2. The van der Waals surface area contributed by atoms with Crippen LogP contribution in [0.5, 0.6) is 0 Å². The van der Waals surface area contributed by atoms with E-state index in [9.17, 15) is 18.0 Å². The summed E-state index contributed by atoms with van der Waals surface area (Å²) >= 11 is 0.710. The van der Waals surface area contributed by atoms with Gasteiger partial charge in [0, 0.05) is 31.2 Å². The van der Waals surface area contributed by atoms with Gasteiger partial charge in [0.2, 0.25) is 0 Å². The van der Waals surface area contributed by atoms with Gasteiger partial charge in [0.05, 0.1) is 6.04 Å². The summed E-state index contributed by atoms with van der Waals surface area (Å²) in [4.78, 5) is 27.3. The standard InChI is InChI=1S/C29H30F3N5OS/c1-5-37(18(2)3)17-23-12-8-14-34-24(23)28-36-26(29(30,31)32)25(39-28)27(38)35-19(4)20-9-6-10-21(15-20)22-11-7-13-33-16-22/h6-16,18-19H,5,17H2,1-4H3,(H,35,38)/t19-/m0/s1. The molecule has 0 unspecified atom stereocenters. The molecule has 4 aromatic rings. The van der Waals surface area contributed by atoms with Crippen LogP contribution in [-0.4, -0.2) is 38.3 Å². The summed E-state index contributed by atoms with van der Waals surface area (Å²) < 4.78 is 42.1. The van der Waals surface area contributed by atoms with Gasteiger partial charge >= 0.3 is 6.18 Å². The van der Waals surface area contributed by atoms with Gasteiger partial charge in [0.25, 0.3) is 5.91 Å². The molecule has 0 aliphatic rings. The number of hydrogen-bond donors (Lipinski definition) is 1. The number of alkyl halides is 3. The van der Waals surface area contributed by atoms with Gasteiger partial charge in [-0.25, -0.2) is 4.98 Å². The molecule has 1 atom stereocenters. The minimum absolute atomic E-state index is 0.0640. The van der Waals surface area contributed by atoms with Gasteiger partial charge in [0.15, 0.2) is 5.69 Å². The van der Waals surface area contributed by atoms with Crippen LogP contribution in [0.4, 0.5) is 13.2 Å². The molecule has 39 heavy (non-hydrogen) atoms. The normalized spacial score (nSPS) is 12.6. The predicted molar refractivity (Wildman–Crippen MR) is 147 cm³/mol. The molecular weight excluding hydrogens is 523 g/mol. The summed E-state index contributed by atoms with van der Waals surface area (Å²) in [5.41, 5.74) is 2.44. The Morgan fingerprint density at radius 3 is 2.46 bits per heavy atom. The molecule has 4 rings (SSSR count). The van der Waals surface area contributed by atoms with Crippen LogP contribution < -0.4 is 5.32 Å². The second-order valence-corrected chi connectivity index (χ2v) is 10.4. The first-order valence-electron chi connectivity index (χ1n) is 12.7. The number of hydrogen-bond acceptors (Lipinski definition) is 6. The van der Waals surface area contributed by atoms with E-state index < -0.39 is 28.7 Å². The third-order valence-corrected chi connectivity index (χ3v) is 7.50. The molecule has 1 amide bonds. The largest absolute Gasteiger partial charge is 0.435 e. The number of nitrogens with one attached hydrogen (secondary N) is 1. The summed E-state index contributed by atoms with van der Waals surface area (Å²) in [5.74, 6) is -0.833. The Balaban J connectivity index is 1.64. The molecular formula is C29H30F3N5OS. The summed E-state index contributed by atoms with van der Waals surface area (Å²) in [6, 6.07) is 14.5. The molecule has 1 N–H and O–H groups in total. The van der Waals surface area contributed by atoms with Gasteiger partial charge < -0.3 is 5.32 Å². The van der Waals surface area contributed by atoms with Crippen molar-refractivity contribution >= 4 is 17.2 Å². The summed E-state index contributed by atoms with van der Waals surface area (Å²) in [6.45, 7) is 9.14. The smallest absolute Gasteiger partial charge is 0.345 e. The molecule has 0 saturated carbocycles. The Kier molecular flexibility index (Phi) is 8.76. The van der Waals surface area contributed by atoms with Gasteiger partial charge in [-0.2, -0.15) is 13.2 Å². The highest BCUT2D eigenvalue weighted by molar-refractivity contribution is 7.17. The second-order valence-electron chi connectivity index (χ2n) is 9.42. The first-order valence-corrected chi connectivity index (χ1v) is 13.5. The topological polar surface area (TPSA) is 71.0 Å². The van der Waals surface area contributed by atoms with E-state index >= 15 is 0 Å². The van der Waals surface area contributed by atoms with E-state index in [2.05, 4.69) is 39.0 Å². The first-order chi connectivity index (χ1) is 18.6. The molecule has 204 valence electrons. The van der Waals surface area contributed by atoms with Crippen LogP contribution >= 0.6 is 11.3 Å². The van der Waals surface area contributed by atoms with Crippen molar-refractivity contribution in [3.05, 3.63) is 88.8 Å². The molecule has 6 nitrogen and oxygen atoms in total. The predicted octanol–water partition coefficient (Wildman–Crippen LogP) is 7.01. The number of nitrogens with zero attached hydrogens (tertiary/aromatic N) is 4. The van der Waals surface area contributed by atoms with E-state index in [0.717, 1.165) is 28.8 Å². The highest BCUT2D eigenvalue weighted by Crippen LogP contribution is 2.38. The third-order valence-electron chi connectivity index (χ3n) is 6.43. The van der Waals surface area contributed by atoms with Crippen molar-refractivity contribution in [2.75, 3.05) is 6.54 Å². The number of amides is 1. The van der Waals surface area contributed by atoms with Gasteiger partial charge in [-0.15, -0.1) is 11.3 Å². The molecule has 10 heteroatoms. The van der Waals surface area contributed by atoms with E-state index in [1.807, 2.05) is 49.4 Å². The average Bonchev–Trinajstić information content (AvgIpc) is 3.39. The molecule has 3 aromatic heterocycles. The van der Waals surface area contributed by atoms with E-state index in [1.54, 1.807) is 25.4 Å². The van der Waals surface area contributed by atoms with Crippen LogP contribution in [0.25, 0.3) is 21.8 Å². The van der Waals surface area contributed by atoms with Crippen molar-refractivity contribution in [2.45, 2.75) is 52.5 Å². The fraction of sp³-hybridized carbons (Fsp3) is 0.310. The lowest BCUT2D eigenvalue weighted by Gasteiger charge is -2.25. The number of carbonyl (C=O) groups is 1. The molecule has 3 heterocycles. The molecule has 1 aromatic carbocycles. The number of halogens is 3. The Morgan fingerprint density at radius 2 is 1.79 bits per heavy atom. The SMILES string of the molecule is CCN(Cc1cccnc1-c1nc(C(F)(F)F)c(C(=O)N[C@@H](C)c2cccc(-c3cccnc3)c2)s1)C(C)C. The fourth-order valence-electron chi connectivity index (χ4n) is 4.27. The number of rotatable bonds is 9. The zero-order valence-corrected chi connectivity index (χ0v) is 23.0. The van der Waals surface area contributed by atoms with Gasteiger partial charge in [-0.3, -0.25) is 19.7 Å². The number of thiazole rings is 1. The van der Waals surface area contributed by atoms with Crippen LogP contribution in [0.15, 0.2) is 67.1 Å². The van der Waals surface area contributed by atoms with Crippen molar-refractivity contribution in [3.8, 4) is 21.8 Å². The van der Waals surface area contributed by atoms with Crippen molar-refractivity contribution in [3.63, 3.8) is 0 Å². The Labute approximate surface area is 230 Å². The highest BCUT2D eigenvalue weighted by Gasteiger charge is 2.40. The molecule has 0 aliphatic carbocycles. The van der Waals surface area contributed by atoms with Crippen LogP contribution in [0.2, 0.25) is 0 Å². The van der Waals surface area contributed by atoms with Gasteiger partial charge in [-0.1, -0.05) is 37.3 Å². The monoisotopic (exact) mass is 553 g/mol. The van der Waals surface area contributed by atoms with E-state index in [4.69, 9.17) is 0 Å². The summed E-state index contributed by atoms with van der Waals surface area (Å²) in [5, 5.41) is 2.79. The Hall–Kier alpha value is -3.63. The second kappa shape index (κ2) is 12.0. The van der Waals surface area contributed by atoms with Gasteiger partial charge in [0.1, 0.15) is 15.6 Å². The van der Waals surface area contributed by atoms with Crippen LogP contribution in [-0.2, 0) is 12.7 Å². The Morgan fingerprint density at radius 1 is 1.05 bits per heavy atom.